The van der Waals surface area contributed by atoms with Gasteiger partial charge in [-0.25, -0.2) is 9.67 Å². The molecule has 1 N–H and O–H groups in total. The standard InChI is InChI=1S/C20H16N4O/c25-19-11-14(13-6-2-1-3-7-13)10-18-15(19)12-21-24(18)20-22-16-8-4-5-9-17(16)23-20/h1-9,12,14H,10-11H2,(H,22,23)/t14-/m1/s1. The zero-order chi connectivity index (χ0) is 16.8. The number of fused-ring (bicyclic) bond motifs is 2. The molecule has 0 bridgehead atoms. The molecule has 5 rings (SSSR count). The fourth-order valence-corrected chi connectivity index (χ4v) is 3.63. The SMILES string of the molecule is O=C1C[C@H](c2ccccc2)Cc2c1cnn2-c1nc2ccccc2[nH]1. The summed E-state index contributed by atoms with van der Waals surface area (Å²) in [6, 6.07) is 18.1. The maximum atomic E-state index is 12.6. The molecular weight excluding hydrogens is 312 g/mol. The van der Waals surface area contributed by atoms with Gasteiger partial charge in [0, 0.05) is 6.42 Å². The van der Waals surface area contributed by atoms with Crippen LogP contribution < -0.4 is 0 Å². The molecule has 2 aromatic heterocycles. The molecule has 5 nitrogen and oxygen atoms in total. The molecule has 0 unspecified atom stereocenters. The Morgan fingerprint density at radius 1 is 1.00 bits per heavy atom. The van der Waals surface area contributed by atoms with Crippen LogP contribution in [0.3, 0.4) is 0 Å². The lowest BCUT2D eigenvalue weighted by Crippen LogP contribution is -2.20. The van der Waals surface area contributed by atoms with Gasteiger partial charge in [-0.15, -0.1) is 0 Å². The Bertz CT molecular complexity index is 1040. The minimum absolute atomic E-state index is 0.150. The summed E-state index contributed by atoms with van der Waals surface area (Å²) >= 11 is 0. The lowest BCUT2D eigenvalue weighted by Gasteiger charge is -2.22. The molecule has 25 heavy (non-hydrogen) atoms. The Balaban J connectivity index is 1.60. The third kappa shape index (κ3) is 2.28. The monoisotopic (exact) mass is 328 g/mol. The van der Waals surface area contributed by atoms with Crippen molar-refractivity contribution in [2.24, 2.45) is 0 Å². The molecular formula is C20H16N4O. The Morgan fingerprint density at radius 3 is 2.64 bits per heavy atom. The Hall–Kier alpha value is -3.21. The van der Waals surface area contributed by atoms with Crippen molar-refractivity contribution in [3.8, 4) is 5.95 Å². The average molecular weight is 328 g/mol. The van der Waals surface area contributed by atoms with Gasteiger partial charge in [0.05, 0.1) is 28.5 Å². The van der Waals surface area contributed by atoms with Gasteiger partial charge in [-0.05, 0) is 30.0 Å². The first-order chi connectivity index (χ1) is 12.3. The maximum absolute atomic E-state index is 12.6. The second-order valence-corrected chi connectivity index (χ2v) is 6.43. The summed E-state index contributed by atoms with van der Waals surface area (Å²) in [7, 11) is 0. The molecule has 2 aromatic carbocycles. The number of hydrogen-bond donors (Lipinski definition) is 1. The number of nitrogens with one attached hydrogen (secondary N) is 1. The van der Waals surface area contributed by atoms with Crippen molar-refractivity contribution in [3.63, 3.8) is 0 Å². The predicted octanol–water partition coefficient (Wildman–Crippen LogP) is 3.66. The number of nitrogens with zero attached hydrogens (tertiary/aromatic N) is 3. The number of rotatable bonds is 2. The third-order valence-corrected chi connectivity index (χ3v) is 4.89. The van der Waals surface area contributed by atoms with Crippen molar-refractivity contribution in [3.05, 3.63) is 77.6 Å². The Kier molecular flexibility index (Phi) is 3.06. The topological polar surface area (TPSA) is 63.6 Å². The minimum atomic E-state index is 0.150. The van der Waals surface area contributed by atoms with E-state index in [-0.39, 0.29) is 11.7 Å². The number of aromatic nitrogens is 4. The van der Waals surface area contributed by atoms with Crippen molar-refractivity contribution >= 4 is 16.8 Å². The van der Waals surface area contributed by atoms with E-state index < -0.39 is 0 Å². The number of para-hydroxylation sites is 2. The first kappa shape index (κ1) is 14.2. The van der Waals surface area contributed by atoms with Crippen LogP contribution in [0.1, 0.15) is 34.0 Å². The molecule has 0 aliphatic heterocycles. The van der Waals surface area contributed by atoms with E-state index in [1.165, 1.54) is 5.56 Å². The first-order valence-corrected chi connectivity index (χ1v) is 8.40. The van der Waals surface area contributed by atoms with Crippen LogP contribution in [0.4, 0.5) is 0 Å². The summed E-state index contributed by atoms with van der Waals surface area (Å²) in [4.78, 5) is 20.5. The lowest BCUT2D eigenvalue weighted by molar-refractivity contribution is 0.0963. The molecule has 4 aromatic rings. The van der Waals surface area contributed by atoms with Gasteiger partial charge in [0.15, 0.2) is 5.78 Å². The van der Waals surface area contributed by atoms with Crippen LogP contribution in [0, 0.1) is 0 Å². The lowest BCUT2D eigenvalue weighted by atomic mass is 9.82. The zero-order valence-electron chi connectivity index (χ0n) is 13.5. The summed E-state index contributed by atoms with van der Waals surface area (Å²) in [5.74, 6) is 0.988. The molecule has 0 saturated heterocycles. The van der Waals surface area contributed by atoms with Gasteiger partial charge in [-0.3, -0.25) is 4.79 Å². The fraction of sp³-hybridized carbons (Fsp3) is 0.150. The van der Waals surface area contributed by atoms with E-state index in [1.54, 1.807) is 10.9 Å². The number of imidazole rings is 1. The van der Waals surface area contributed by atoms with Crippen molar-refractivity contribution in [1.29, 1.82) is 0 Å². The van der Waals surface area contributed by atoms with Crippen LogP contribution in [0.5, 0.6) is 0 Å². The number of benzene rings is 2. The average Bonchev–Trinajstić information content (AvgIpc) is 3.26. The zero-order valence-corrected chi connectivity index (χ0v) is 13.5. The highest BCUT2D eigenvalue weighted by atomic mass is 16.1. The smallest absolute Gasteiger partial charge is 0.229 e. The second kappa shape index (κ2) is 5.41. The van der Waals surface area contributed by atoms with Gasteiger partial charge < -0.3 is 4.98 Å². The van der Waals surface area contributed by atoms with Crippen LogP contribution in [0.15, 0.2) is 60.8 Å². The predicted molar refractivity (Wildman–Crippen MR) is 95.1 cm³/mol. The molecule has 1 atom stereocenters. The molecule has 2 heterocycles. The van der Waals surface area contributed by atoms with Crippen LogP contribution >= 0.6 is 0 Å². The number of hydrogen-bond acceptors (Lipinski definition) is 3. The highest BCUT2D eigenvalue weighted by Gasteiger charge is 2.30. The van der Waals surface area contributed by atoms with E-state index in [0.717, 1.165) is 23.1 Å². The molecule has 0 radical (unpaired) electrons. The molecule has 0 spiro atoms. The van der Waals surface area contributed by atoms with E-state index in [1.807, 2.05) is 42.5 Å². The van der Waals surface area contributed by atoms with Crippen molar-refractivity contribution in [2.45, 2.75) is 18.8 Å². The van der Waals surface area contributed by atoms with Crippen LogP contribution in [0.2, 0.25) is 0 Å². The summed E-state index contributed by atoms with van der Waals surface area (Å²) in [5, 5.41) is 4.44. The van der Waals surface area contributed by atoms with Gasteiger partial charge >= 0.3 is 0 Å². The Morgan fingerprint density at radius 2 is 1.80 bits per heavy atom. The molecule has 1 aliphatic rings. The minimum Gasteiger partial charge on any atom is -0.322 e. The quantitative estimate of drug-likeness (QED) is 0.611. The second-order valence-electron chi connectivity index (χ2n) is 6.43. The van der Waals surface area contributed by atoms with E-state index in [4.69, 9.17) is 0 Å². The molecule has 1 aliphatic carbocycles. The molecule has 0 amide bonds. The van der Waals surface area contributed by atoms with Crippen LogP contribution in [-0.2, 0) is 6.42 Å². The third-order valence-electron chi connectivity index (χ3n) is 4.89. The van der Waals surface area contributed by atoms with Gasteiger partial charge in [0.2, 0.25) is 5.95 Å². The number of H-pyrrole nitrogens is 1. The largest absolute Gasteiger partial charge is 0.322 e. The number of ketones is 1. The van der Waals surface area contributed by atoms with Crippen molar-refractivity contribution in [1.82, 2.24) is 19.7 Å². The van der Waals surface area contributed by atoms with E-state index >= 15 is 0 Å². The molecule has 0 saturated carbocycles. The maximum Gasteiger partial charge on any atom is 0.229 e. The highest BCUT2D eigenvalue weighted by molar-refractivity contribution is 5.98. The number of aromatic amines is 1. The number of carbonyl (C=O) groups is 1. The summed E-state index contributed by atoms with van der Waals surface area (Å²) in [5.41, 5.74) is 4.70. The number of Topliss-reactive ketones (excluding diaryl/α,β-unsaturated/α-hetero) is 1. The Labute approximate surface area is 144 Å². The summed E-state index contributed by atoms with van der Waals surface area (Å²) in [6.07, 6.45) is 2.98. The van der Waals surface area contributed by atoms with Gasteiger partial charge in [0.1, 0.15) is 0 Å². The summed E-state index contributed by atoms with van der Waals surface area (Å²) in [6.45, 7) is 0. The van der Waals surface area contributed by atoms with Crippen LogP contribution in [0.25, 0.3) is 17.0 Å². The van der Waals surface area contributed by atoms with E-state index in [9.17, 15) is 4.79 Å². The van der Waals surface area contributed by atoms with Crippen molar-refractivity contribution in [2.75, 3.05) is 0 Å². The van der Waals surface area contributed by atoms with E-state index in [2.05, 4.69) is 27.2 Å². The normalized spacial score (nSPS) is 17.0. The highest BCUT2D eigenvalue weighted by Crippen LogP contribution is 2.33. The summed E-state index contributed by atoms with van der Waals surface area (Å²) < 4.78 is 1.78. The molecule has 5 heteroatoms. The van der Waals surface area contributed by atoms with Gasteiger partial charge in [0.25, 0.3) is 0 Å². The fourth-order valence-electron chi connectivity index (χ4n) is 3.63. The number of carbonyl (C=O) groups excluding carboxylic acids is 1. The first-order valence-electron chi connectivity index (χ1n) is 8.40. The van der Waals surface area contributed by atoms with E-state index in [0.29, 0.717) is 17.9 Å². The van der Waals surface area contributed by atoms with Gasteiger partial charge in [-0.1, -0.05) is 42.5 Å². The van der Waals surface area contributed by atoms with Gasteiger partial charge in [-0.2, -0.15) is 5.10 Å². The van der Waals surface area contributed by atoms with Crippen LogP contribution in [-0.4, -0.2) is 25.5 Å². The van der Waals surface area contributed by atoms with Crippen molar-refractivity contribution < 1.29 is 4.79 Å². The molecule has 122 valence electrons. The molecule has 0 fully saturated rings.